The summed E-state index contributed by atoms with van der Waals surface area (Å²) in [5.74, 6) is 0. The minimum absolute atomic E-state index is 0. The maximum absolute atomic E-state index is 0. The van der Waals surface area contributed by atoms with E-state index in [1.807, 2.05) is 0 Å². The van der Waals surface area contributed by atoms with Crippen molar-refractivity contribution in [3.8, 4) is 0 Å². The van der Waals surface area contributed by atoms with Gasteiger partial charge in [-0.25, -0.2) is 0 Å². The zero-order valence-electron chi connectivity index (χ0n) is 1.36. The first kappa shape index (κ1) is 82.1. The van der Waals surface area contributed by atoms with Gasteiger partial charge in [-0.15, -0.1) is 0 Å². The van der Waals surface area contributed by atoms with E-state index in [9.17, 15) is 0 Å². The molecular formula is H10BIrNPtSi. The first-order valence-corrected chi connectivity index (χ1v) is 0. The van der Waals surface area contributed by atoms with Crippen LogP contribution in [0.1, 0.15) is 0 Å². The Bertz CT molecular complexity index is 11.6. The summed E-state index contributed by atoms with van der Waals surface area (Å²) >= 11 is 0. The molecule has 0 aromatic heterocycles. The first-order valence-electron chi connectivity index (χ1n) is 0. The van der Waals surface area contributed by atoms with Gasteiger partial charge in [-0.1, -0.05) is 0 Å². The fourth-order valence-corrected chi connectivity index (χ4v) is 0. The van der Waals surface area contributed by atoms with Crippen molar-refractivity contribution in [2.24, 2.45) is 0 Å². The third kappa shape index (κ3) is 28.7. The van der Waals surface area contributed by atoms with Crippen LogP contribution in [0.3, 0.4) is 0 Å². The van der Waals surface area contributed by atoms with Crippen molar-refractivity contribution >= 4 is 19.4 Å². The molecule has 0 atom stereocenters. The van der Waals surface area contributed by atoms with Gasteiger partial charge in [0.1, 0.15) is 0 Å². The van der Waals surface area contributed by atoms with Crippen LogP contribution in [0.2, 0.25) is 0 Å². The molecule has 0 bridgehead atoms. The molecule has 0 aromatic carbocycles. The quantitative estimate of drug-likeness (QED) is 0.408. The summed E-state index contributed by atoms with van der Waals surface area (Å²) in [5, 5.41) is 0. The summed E-state index contributed by atoms with van der Waals surface area (Å²) in [5.41, 5.74) is 0. The van der Waals surface area contributed by atoms with E-state index in [0.717, 1.165) is 0 Å². The van der Waals surface area contributed by atoms with Crippen LogP contribution in [0.15, 0.2) is 0 Å². The molecule has 0 aliphatic carbocycles. The predicted molar refractivity (Wildman–Crippen MR) is 26.3 cm³/mol. The van der Waals surface area contributed by atoms with Gasteiger partial charge in [-0.2, -0.15) is 0 Å². The molecular weight excluding hydrogens is 440 g/mol. The fraction of sp³-hybridized carbons (Fsp3) is 0. The molecule has 0 saturated heterocycles. The summed E-state index contributed by atoms with van der Waals surface area (Å²) in [6, 6.07) is 0. The van der Waals surface area contributed by atoms with Crippen LogP contribution in [-0.2, 0) is 41.2 Å². The molecule has 3 N–H and O–H groups in total. The summed E-state index contributed by atoms with van der Waals surface area (Å²) < 4.78 is 0. The minimum Gasteiger partial charge on any atom is -0.344 e. The smallest absolute Gasteiger partial charge is 0.0814 e. The topological polar surface area (TPSA) is 35.0 Å². The number of hydrogen-bond donors (Lipinski definition) is 1. The molecule has 0 rings (SSSR count). The fourth-order valence-electron chi connectivity index (χ4n) is 0. The minimum atomic E-state index is 0. The average Bonchev–Trinajstić information content (AvgIpc) is 0. The Kier molecular flexibility index (Phi) is 770. The molecule has 0 saturated carbocycles. The molecule has 0 aliphatic rings. The van der Waals surface area contributed by atoms with Gasteiger partial charge in [0.2, 0.25) is 0 Å². The zero-order chi connectivity index (χ0) is 0. The largest absolute Gasteiger partial charge is 0.344 e. The zero-order valence-corrected chi connectivity index (χ0v) is 6.02. The van der Waals surface area contributed by atoms with E-state index in [-0.39, 0.29) is 66.7 Å². The summed E-state index contributed by atoms with van der Waals surface area (Å²) in [6.45, 7) is 0. The van der Waals surface area contributed by atoms with Gasteiger partial charge in [-0.3, -0.25) is 0 Å². The molecule has 0 unspecified atom stereocenters. The van der Waals surface area contributed by atoms with Gasteiger partial charge in [0.15, 0.2) is 0 Å². The van der Waals surface area contributed by atoms with Gasteiger partial charge in [0.25, 0.3) is 0 Å². The molecule has 41 valence electrons. The van der Waals surface area contributed by atoms with Crippen LogP contribution in [0.25, 0.3) is 0 Å². The standard InChI is InChI=1S/BH3.Ir.H3N.Pt.H4Si/h1H3;;1H3;;1H4. The van der Waals surface area contributed by atoms with E-state index in [1.54, 1.807) is 0 Å². The van der Waals surface area contributed by atoms with Crippen molar-refractivity contribution in [3.63, 3.8) is 0 Å². The van der Waals surface area contributed by atoms with E-state index in [2.05, 4.69) is 0 Å². The maximum atomic E-state index is 0. The van der Waals surface area contributed by atoms with Crippen LogP contribution in [0.5, 0.6) is 0 Å². The molecule has 0 spiro atoms. The van der Waals surface area contributed by atoms with Crippen molar-refractivity contribution in [2.75, 3.05) is 0 Å². The van der Waals surface area contributed by atoms with E-state index in [0.29, 0.717) is 0 Å². The van der Waals surface area contributed by atoms with Gasteiger partial charge < -0.3 is 6.15 Å². The maximum Gasteiger partial charge on any atom is 0.0814 e. The Balaban J connectivity index is 0. The van der Waals surface area contributed by atoms with Crippen LogP contribution in [0.4, 0.5) is 0 Å². The van der Waals surface area contributed by atoms with Gasteiger partial charge in [0.05, 0.1) is 8.41 Å². The Labute approximate surface area is 66.5 Å². The number of rotatable bonds is 0. The summed E-state index contributed by atoms with van der Waals surface area (Å²) in [4.78, 5) is 0. The van der Waals surface area contributed by atoms with Gasteiger partial charge in [-0.05, 0) is 11.0 Å². The van der Waals surface area contributed by atoms with Crippen LogP contribution in [0, 0.1) is 0 Å². The molecule has 0 amide bonds. The van der Waals surface area contributed by atoms with E-state index < -0.39 is 0 Å². The average molecular weight is 450 g/mol. The molecule has 1 radical (unpaired) electrons. The molecule has 0 aliphatic heterocycles. The molecule has 0 heterocycles. The van der Waals surface area contributed by atoms with Gasteiger partial charge in [0, 0.05) is 41.2 Å². The molecule has 1 nitrogen and oxygen atoms in total. The van der Waals surface area contributed by atoms with Crippen molar-refractivity contribution in [1.29, 1.82) is 0 Å². The second kappa shape index (κ2) is 46.9. The first-order chi connectivity index (χ1) is 0. The van der Waals surface area contributed by atoms with Crippen molar-refractivity contribution in [3.05, 3.63) is 0 Å². The summed E-state index contributed by atoms with van der Waals surface area (Å²) in [7, 11) is 0. The van der Waals surface area contributed by atoms with E-state index >= 15 is 0 Å². The molecule has 0 fully saturated rings. The third-order valence-corrected chi connectivity index (χ3v) is 0. The molecule has 5 heavy (non-hydrogen) atoms. The Morgan fingerprint density at radius 2 is 1.00 bits per heavy atom. The Morgan fingerprint density at radius 1 is 1.00 bits per heavy atom. The van der Waals surface area contributed by atoms with Crippen LogP contribution in [-0.4, -0.2) is 19.4 Å². The van der Waals surface area contributed by atoms with Crippen molar-refractivity contribution < 1.29 is 41.2 Å². The third-order valence-electron chi connectivity index (χ3n) is 0. The van der Waals surface area contributed by atoms with Crippen molar-refractivity contribution in [1.82, 2.24) is 6.15 Å². The second-order valence-corrected chi connectivity index (χ2v) is 0. The SMILES string of the molecule is B.N.[Ir].[Pt].[SiH4]. The number of hydrogen-bond acceptors (Lipinski definition) is 1. The van der Waals surface area contributed by atoms with Crippen LogP contribution >= 0.6 is 0 Å². The molecule has 0 aromatic rings. The van der Waals surface area contributed by atoms with E-state index in [4.69, 9.17) is 0 Å². The van der Waals surface area contributed by atoms with E-state index in [1.165, 1.54) is 0 Å². The predicted octanol–water partition coefficient (Wildman–Crippen LogP) is -2.48. The second-order valence-electron chi connectivity index (χ2n) is 0. The Hall–Kier alpha value is 1.58. The normalized spacial score (nSPS) is 0. The van der Waals surface area contributed by atoms with Gasteiger partial charge >= 0.3 is 0 Å². The van der Waals surface area contributed by atoms with Crippen LogP contribution < -0.4 is 6.15 Å². The van der Waals surface area contributed by atoms with Crippen molar-refractivity contribution in [2.45, 2.75) is 0 Å². The monoisotopic (exact) mass is 451 g/mol. The Morgan fingerprint density at radius 3 is 1.00 bits per heavy atom. The molecule has 5 heteroatoms. The summed E-state index contributed by atoms with van der Waals surface area (Å²) in [6.07, 6.45) is 0.